The number of rotatable bonds is 6. The molecule has 130 valence electrons. The number of halogens is 5. The van der Waals surface area contributed by atoms with E-state index < -0.39 is 62.6 Å². The molecule has 0 amide bonds. The number of carboxylic acid groups (broad SMARTS) is 1. The van der Waals surface area contributed by atoms with E-state index in [0.717, 1.165) is 6.92 Å². The maximum atomic E-state index is 13.6. The predicted molar refractivity (Wildman–Crippen MR) is 72.0 cm³/mol. The third-order valence-corrected chi connectivity index (χ3v) is 3.77. The van der Waals surface area contributed by atoms with Crippen molar-refractivity contribution in [3.63, 3.8) is 0 Å². The summed E-state index contributed by atoms with van der Waals surface area (Å²) in [4.78, 5) is 10.9. The van der Waals surface area contributed by atoms with Crippen LogP contribution in [0.15, 0.2) is 12.1 Å². The number of alkyl halides is 3. The van der Waals surface area contributed by atoms with Crippen molar-refractivity contribution in [1.82, 2.24) is 4.31 Å². The summed E-state index contributed by atoms with van der Waals surface area (Å²) in [5.74, 6) is -3.22. The van der Waals surface area contributed by atoms with Gasteiger partial charge in [0.2, 0.25) is 11.3 Å². The zero-order chi connectivity index (χ0) is 17.9. The lowest BCUT2D eigenvalue weighted by atomic mass is 10.2. The number of carboxylic acids is 1. The molecule has 0 aliphatic carbocycles. The van der Waals surface area contributed by atoms with Crippen molar-refractivity contribution in [2.45, 2.75) is 19.3 Å². The Morgan fingerprint density at radius 2 is 2.04 bits per heavy atom. The van der Waals surface area contributed by atoms with Crippen LogP contribution in [-0.2, 0) is 11.3 Å². The van der Waals surface area contributed by atoms with Crippen molar-refractivity contribution in [3.8, 4) is 5.75 Å². The molecule has 1 unspecified atom stereocenters. The average Bonchev–Trinajstić information content (AvgIpc) is 2.34. The second-order valence-electron chi connectivity index (χ2n) is 4.25. The molecule has 0 aliphatic heterocycles. The van der Waals surface area contributed by atoms with Gasteiger partial charge in [0.1, 0.15) is 6.61 Å². The highest BCUT2D eigenvalue weighted by atomic mass is 35.5. The van der Waals surface area contributed by atoms with E-state index in [0.29, 0.717) is 12.1 Å². The molecular formula is C11H10ClF4NO5S. The minimum Gasteiger partial charge on any atom is -0.489 e. The molecule has 1 rings (SSSR count). The normalized spacial score (nSPS) is 14.6. The number of nitrogens with zero attached hydrogens (tertiary/aromatic N) is 1. The Morgan fingerprint density at radius 3 is 2.48 bits per heavy atom. The van der Waals surface area contributed by atoms with Gasteiger partial charge < -0.3 is 9.84 Å². The van der Waals surface area contributed by atoms with Crippen molar-refractivity contribution < 1.29 is 41.0 Å². The lowest BCUT2D eigenvalue weighted by molar-refractivity contribution is -0.222. The quantitative estimate of drug-likeness (QED) is 0.451. The van der Waals surface area contributed by atoms with Gasteiger partial charge >= 0.3 is 12.3 Å². The predicted octanol–water partition coefficient (Wildman–Crippen LogP) is 2.90. The van der Waals surface area contributed by atoms with Gasteiger partial charge in [-0.25, -0.2) is 13.4 Å². The molecule has 6 nitrogen and oxygen atoms in total. The van der Waals surface area contributed by atoms with Crippen LogP contribution in [0.3, 0.4) is 0 Å². The Bertz CT molecular complexity index is 627. The summed E-state index contributed by atoms with van der Waals surface area (Å²) in [7, 11) is 0. The van der Waals surface area contributed by atoms with E-state index >= 15 is 0 Å². The molecular weight excluding hydrogens is 370 g/mol. The summed E-state index contributed by atoms with van der Waals surface area (Å²) in [6, 6.07) is -0.304. The van der Waals surface area contributed by atoms with Crippen molar-refractivity contribution in [2.75, 3.05) is 6.61 Å². The fourth-order valence-electron chi connectivity index (χ4n) is 1.57. The summed E-state index contributed by atoms with van der Waals surface area (Å²) in [6.45, 7) is 0.0942. The van der Waals surface area contributed by atoms with Crippen LogP contribution < -0.4 is 4.74 Å². The van der Waals surface area contributed by atoms with Gasteiger partial charge in [0.15, 0.2) is 11.6 Å². The Kier molecular flexibility index (Phi) is 6.33. The fourth-order valence-corrected chi connectivity index (χ4v) is 2.35. The molecule has 12 heteroatoms. The second kappa shape index (κ2) is 7.43. The molecule has 1 aromatic rings. The van der Waals surface area contributed by atoms with E-state index in [-0.39, 0.29) is 0 Å². The molecule has 0 saturated carbocycles. The van der Waals surface area contributed by atoms with Gasteiger partial charge in [-0.05, 0) is 19.1 Å². The Labute approximate surface area is 135 Å². The molecule has 0 fully saturated rings. The highest BCUT2D eigenvalue weighted by Crippen LogP contribution is 2.28. The number of carbonyl (C=O) groups is 1. The van der Waals surface area contributed by atoms with E-state index in [1.165, 1.54) is 0 Å². The minimum absolute atomic E-state index is 0.413. The zero-order valence-corrected chi connectivity index (χ0v) is 12.9. The lowest BCUT2D eigenvalue weighted by Gasteiger charge is -2.26. The number of hydrogen-bond donors (Lipinski definition) is 2. The monoisotopic (exact) mass is 379 g/mol. The van der Waals surface area contributed by atoms with E-state index in [2.05, 4.69) is 0 Å². The highest BCUT2D eigenvalue weighted by molar-refractivity contribution is 7.76. The van der Waals surface area contributed by atoms with E-state index in [4.69, 9.17) is 26.0 Å². The largest absolute Gasteiger partial charge is 0.489 e. The fraction of sp³-hybridized carbons (Fsp3) is 0.364. The molecule has 0 bridgehead atoms. The Morgan fingerprint density at radius 1 is 1.48 bits per heavy atom. The summed E-state index contributed by atoms with van der Waals surface area (Å²) >= 11 is 2.14. The van der Waals surface area contributed by atoms with Crippen molar-refractivity contribution in [3.05, 3.63) is 28.5 Å². The maximum Gasteiger partial charge on any atom is 0.473 e. The molecule has 1 aromatic carbocycles. The average molecular weight is 380 g/mol. The number of benzene rings is 1. The molecule has 0 aromatic heterocycles. The van der Waals surface area contributed by atoms with Crippen LogP contribution in [0.4, 0.5) is 17.6 Å². The van der Waals surface area contributed by atoms with Crippen molar-refractivity contribution >= 4 is 28.8 Å². The number of hydrogen-bond acceptors (Lipinski definition) is 3. The first kappa shape index (κ1) is 19.6. The van der Waals surface area contributed by atoms with Crippen molar-refractivity contribution in [1.29, 1.82) is 0 Å². The number of aromatic carboxylic acids is 1. The van der Waals surface area contributed by atoms with Crippen LogP contribution in [0, 0.1) is 5.82 Å². The molecule has 0 saturated heterocycles. The van der Waals surface area contributed by atoms with Gasteiger partial charge in [0.25, 0.3) is 0 Å². The van der Waals surface area contributed by atoms with Crippen LogP contribution in [0.5, 0.6) is 5.75 Å². The standard InChI is InChI=1S/C11H10ClF4NO5S/c1-5(17(23(20)21)11(14,15)16)4-22-9-2-6(10(18)19)7(12)3-8(9)13/h2-3,5H,4H2,1H3,(H,18,19)(H,20,21)/t5-/m0/s1. The van der Waals surface area contributed by atoms with Gasteiger partial charge in [0.05, 0.1) is 16.6 Å². The van der Waals surface area contributed by atoms with E-state index in [9.17, 15) is 26.6 Å². The third kappa shape index (κ3) is 5.03. The number of ether oxygens (including phenoxy) is 1. The van der Waals surface area contributed by atoms with Crippen LogP contribution in [0.1, 0.15) is 17.3 Å². The molecule has 2 N–H and O–H groups in total. The molecule has 23 heavy (non-hydrogen) atoms. The molecule has 0 heterocycles. The van der Waals surface area contributed by atoms with Crippen molar-refractivity contribution in [2.24, 2.45) is 0 Å². The lowest BCUT2D eigenvalue weighted by Crippen LogP contribution is -2.47. The van der Waals surface area contributed by atoms with Gasteiger partial charge in [-0.2, -0.15) is 13.2 Å². The highest BCUT2D eigenvalue weighted by Gasteiger charge is 2.45. The first-order valence-corrected chi connectivity index (χ1v) is 7.21. The van der Waals surface area contributed by atoms with E-state index in [1.807, 2.05) is 0 Å². The van der Waals surface area contributed by atoms with Gasteiger partial charge in [0, 0.05) is 0 Å². The minimum atomic E-state index is -5.12. The summed E-state index contributed by atoms with van der Waals surface area (Å²) in [6.07, 6.45) is -5.12. The zero-order valence-electron chi connectivity index (χ0n) is 11.3. The first-order chi connectivity index (χ1) is 10.4. The molecule has 0 spiro atoms. The van der Waals surface area contributed by atoms with Crippen LogP contribution in [0.25, 0.3) is 0 Å². The van der Waals surface area contributed by atoms with Crippen LogP contribution in [-0.4, -0.2) is 43.1 Å². The molecule has 2 atom stereocenters. The second-order valence-corrected chi connectivity index (χ2v) is 5.51. The maximum absolute atomic E-state index is 13.6. The molecule has 0 aliphatic rings. The Hall–Kier alpha value is -1.43. The third-order valence-electron chi connectivity index (χ3n) is 2.55. The van der Waals surface area contributed by atoms with Gasteiger partial charge in [-0.15, -0.1) is 4.31 Å². The SMILES string of the molecule is C[C@@H](COc1cc(C(=O)O)c(Cl)cc1F)N(S(=O)O)C(F)(F)F. The van der Waals surface area contributed by atoms with E-state index in [1.54, 1.807) is 0 Å². The van der Waals surface area contributed by atoms with Gasteiger partial charge in [-0.3, -0.25) is 4.55 Å². The summed E-state index contributed by atoms with van der Waals surface area (Å²) < 4.78 is 74.9. The first-order valence-electron chi connectivity index (χ1n) is 5.77. The van der Waals surface area contributed by atoms with Crippen LogP contribution >= 0.6 is 11.6 Å². The smallest absolute Gasteiger partial charge is 0.473 e. The summed E-state index contributed by atoms with van der Waals surface area (Å²) in [5, 5.41) is 8.42. The topological polar surface area (TPSA) is 87.1 Å². The van der Waals surface area contributed by atoms with Gasteiger partial charge in [-0.1, -0.05) is 11.6 Å². The Balaban J connectivity index is 2.95. The summed E-state index contributed by atoms with van der Waals surface area (Å²) in [5.41, 5.74) is -0.505. The van der Waals surface area contributed by atoms with Crippen LogP contribution in [0.2, 0.25) is 5.02 Å². The molecule has 0 radical (unpaired) electrons.